The molecular formula is C7H8KN. The van der Waals surface area contributed by atoms with Crippen LogP contribution in [0, 0.1) is 6.92 Å². The molecule has 0 aliphatic carbocycles. The van der Waals surface area contributed by atoms with E-state index >= 15 is 0 Å². The molecule has 42 valence electrons. The smallest absolute Gasteiger partial charge is 0.400 e. The summed E-state index contributed by atoms with van der Waals surface area (Å²) in [6.07, 6.45) is 0. The summed E-state index contributed by atoms with van der Waals surface area (Å²) in [5, 5.41) is 0. The molecule has 0 unspecified atom stereocenters. The van der Waals surface area contributed by atoms with Crippen LogP contribution in [0.1, 0.15) is 5.56 Å². The third-order valence-corrected chi connectivity index (χ3v) is 0.980. The van der Waals surface area contributed by atoms with Gasteiger partial charge in [0.1, 0.15) is 0 Å². The summed E-state index contributed by atoms with van der Waals surface area (Å²) in [7, 11) is 0. The molecule has 1 nitrogen and oxygen atoms in total. The summed E-state index contributed by atoms with van der Waals surface area (Å²) >= 11 is 0. The topological polar surface area (TPSA) is 26.0 Å². The fourth-order valence-corrected chi connectivity index (χ4v) is 0.518. The van der Waals surface area contributed by atoms with Crippen molar-refractivity contribution in [2.75, 3.05) is 5.73 Å². The molecule has 0 aromatic heterocycles. The number of hydrogen-bond acceptors (Lipinski definition) is 1. The Morgan fingerprint density at radius 2 is 1.56 bits per heavy atom. The Kier molecular flexibility index (Phi) is 4.61. The van der Waals surface area contributed by atoms with Crippen molar-refractivity contribution in [3.05, 3.63) is 36.8 Å². The van der Waals surface area contributed by atoms with Crippen LogP contribution >= 0.6 is 0 Å². The Bertz CT molecular complexity index is 148. The van der Waals surface area contributed by atoms with Crippen molar-refractivity contribution >= 4 is 5.69 Å². The zero-order valence-electron chi connectivity index (χ0n) is 5.59. The first kappa shape index (κ1) is 9.53. The molecule has 9 heavy (non-hydrogen) atoms. The van der Waals surface area contributed by atoms with E-state index in [9.17, 15) is 0 Å². The van der Waals surface area contributed by atoms with E-state index in [1.807, 2.05) is 24.3 Å². The minimum Gasteiger partial charge on any atom is -0.400 e. The zero-order valence-corrected chi connectivity index (χ0v) is 8.72. The predicted octanol–water partition coefficient (Wildman–Crippen LogP) is -1.55. The van der Waals surface area contributed by atoms with Crippen LogP contribution < -0.4 is 57.1 Å². The summed E-state index contributed by atoms with van der Waals surface area (Å²) in [5.74, 6) is 0. The van der Waals surface area contributed by atoms with Crippen LogP contribution in [-0.2, 0) is 0 Å². The van der Waals surface area contributed by atoms with Crippen molar-refractivity contribution < 1.29 is 51.4 Å². The van der Waals surface area contributed by atoms with Gasteiger partial charge in [-0.3, -0.25) is 0 Å². The van der Waals surface area contributed by atoms with Gasteiger partial charge in [-0.25, -0.2) is 0 Å². The van der Waals surface area contributed by atoms with Crippen LogP contribution in [0.3, 0.4) is 0 Å². The van der Waals surface area contributed by atoms with E-state index in [0.717, 1.165) is 11.3 Å². The third kappa shape index (κ3) is 3.28. The van der Waals surface area contributed by atoms with Crippen LogP contribution in [0.2, 0.25) is 0 Å². The second-order valence-corrected chi connectivity index (χ2v) is 1.74. The molecule has 0 saturated heterocycles. The van der Waals surface area contributed by atoms with Gasteiger partial charge in [0.15, 0.2) is 0 Å². The third-order valence-electron chi connectivity index (χ3n) is 0.980. The molecule has 0 fully saturated rings. The molecule has 0 spiro atoms. The standard InChI is InChI=1S/C7H8N.K/c1-6-2-4-7(8)5-3-6;/h2-5H,1,8H2;/q-1;+1. The average molecular weight is 145 g/mol. The molecule has 1 aromatic rings. The molecule has 0 atom stereocenters. The number of hydrogen-bond donors (Lipinski definition) is 1. The fraction of sp³-hybridized carbons (Fsp3) is 0. The van der Waals surface area contributed by atoms with Crippen molar-refractivity contribution in [2.45, 2.75) is 0 Å². The fourth-order valence-electron chi connectivity index (χ4n) is 0.518. The molecule has 0 heterocycles. The average Bonchev–Trinajstić information content (AvgIpc) is 1.77. The summed E-state index contributed by atoms with van der Waals surface area (Å²) in [6, 6.07) is 7.44. The van der Waals surface area contributed by atoms with Crippen LogP contribution in [0.15, 0.2) is 24.3 Å². The Morgan fingerprint density at radius 1 is 1.11 bits per heavy atom. The van der Waals surface area contributed by atoms with E-state index in [1.54, 1.807) is 0 Å². The van der Waals surface area contributed by atoms with Crippen molar-refractivity contribution in [2.24, 2.45) is 0 Å². The maximum atomic E-state index is 5.40. The quantitative estimate of drug-likeness (QED) is 0.267. The molecule has 0 aliphatic heterocycles. The van der Waals surface area contributed by atoms with Gasteiger partial charge in [-0.05, 0) is 0 Å². The van der Waals surface area contributed by atoms with Gasteiger partial charge in [0, 0.05) is 5.69 Å². The van der Waals surface area contributed by atoms with Crippen LogP contribution in [0.4, 0.5) is 5.69 Å². The molecule has 2 N–H and O–H groups in total. The first-order valence-corrected chi connectivity index (χ1v) is 2.46. The first-order chi connectivity index (χ1) is 3.79. The summed E-state index contributed by atoms with van der Waals surface area (Å²) in [5.41, 5.74) is 7.19. The minimum atomic E-state index is 0. The number of nitrogen functional groups attached to an aromatic ring is 1. The maximum absolute atomic E-state index is 5.40. The number of anilines is 1. The van der Waals surface area contributed by atoms with Gasteiger partial charge in [-0.15, -0.1) is 0 Å². The van der Waals surface area contributed by atoms with Crippen molar-refractivity contribution in [1.82, 2.24) is 0 Å². The molecule has 1 rings (SSSR count). The molecule has 1 aromatic carbocycles. The van der Waals surface area contributed by atoms with Gasteiger partial charge in [0.25, 0.3) is 0 Å². The van der Waals surface area contributed by atoms with Gasteiger partial charge in [-0.2, -0.15) is 24.6 Å². The van der Waals surface area contributed by atoms with E-state index in [4.69, 9.17) is 5.73 Å². The second kappa shape index (κ2) is 4.36. The molecule has 0 bridgehead atoms. The maximum Gasteiger partial charge on any atom is 1.00 e. The van der Waals surface area contributed by atoms with E-state index in [2.05, 4.69) is 6.92 Å². The Hall–Kier alpha value is 0.526. The van der Waals surface area contributed by atoms with Gasteiger partial charge >= 0.3 is 51.4 Å². The van der Waals surface area contributed by atoms with Crippen molar-refractivity contribution in [1.29, 1.82) is 0 Å². The number of benzene rings is 1. The Balaban J connectivity index is 0.000000640. The van der Waals surface area contributed by atoms with Crippen LogP contribution in [0.25, 0.3) is 0 Å². The molecule has 2 heteroatoms. The Morgan fingerprint density at radius 3 is 1.89 bits per heavy atom. The number of rotatable bonds is 0. The van der Waals surface area contributed by atoms with Crippen LogP contribution in [-0.4, -0.2) is 0 Å². The van der Waals surface area contributed by atoms with E-state index in [1.165, 1.54) is 0 Å². The normalized spacial score (nSPS) is 8.00. The molecule has 0 aliphatic rings. The van der Waals surface area contributed by atoms with Gasteiger partial charge < -0.3 is 5.73 Å². The minimum absolute atomic E-state index is 0. The number of nitrogens with two attached hydrogens (primary N) is 1. The van der Waals surface area contributed by atoms with Gasteiger partial charge in [-0.1, -0.05) is 12.1 Å². The van der Waals surface area contributed by atoms with Crippen molar-refractivity contribution in [3.8, 4) is 0 Å². The molecular weight excluding hydrogens is 137 g/mol. The predicted molar refractivity (Wildman–Crippen MR) is 35.3 cm³/mol. The van der Waals surface area contributed by atoms with E-state index < -0.39 is 0 Å². The van der Waals surface area contributed by atoms with Gasteiger partial charge in [0.2, 0.25) is 0 Å². The monoisotopic (exact) mass is 145 g/mol. The second-order valence-electron chi connectivity index (χ2n) is 1.74. The Labute approximate surface area is 98.1 Å². The van der Waals surface area contributed by atoms with Gasteiger partial charge in [0.05, 0.1) is 0 Å². The van der Waals surface area contributed by atoms with E-state index in [0.29, 0.717) is 0 Å². The first-order valence-electron chi connectivity index (χ1n) is 2.46. The summed E-state index contributed by atoms with van der Waals surface area (Å²) in [4.78, 5) is 0. The van der Waals surface area contributed by atoms with Crippen LogP contribution in [0.5, 0.6) is 0 Å². The molecule has 0 amide bonds. The largest absolute Gasteiger partial charge is 1.00 e. The zero-order chi connectivity index (χ0) is 5.98. The van der Waals surface area contributed by atoms with E-state index in [-0.39, 0.29) is 51.4 Å². The summed E-state index contributed by atoms with van der Waals surface area (Å²) < 4.78 is 0. The SMILES string of the molecule is [CH2-]c1ccc(N)cc1.[K+]. The molecule has 0 saturated carbocycles. The summed E-state index contributed by atoms with van der Waals surface area (Å²) in [6.45, 7) is 3.71. The molecule has 0 radical (unpaired) electrons. The van der Waals surface area contributed by atoms with Crippen molar-refractivity contribution in [3.63, 3.8) is 0 Å².